The molecule has 3 nitrogen and oxygen atoms in total. The normalized spacial score (nSPS) is 28.0. The van der Waals surface area contributed by atoms with Gasteiger partial charge in [0, 0.05) is 10.8 Å². The van der Waals surface area contributed by atoms with Crippen molar-refractivity contribution in [2.24, 2.45) is 11.7 Å². The summed E-state index contributed by atoms with van der Waals surface area (Å²) in [7, 11) is 0. The van der Waals surface area contributed by atoms with Crippen LogP contribution in [0.5, 0.6) is 0 Å². The second kappa shape index (κ2) is 6.49. The van der Waals surface area contributed by atoms with Crippen LogP contribution in [0, 0.1) is 5.92 Å². The Hall–Kier alpha value is -0.220. The molecule has 1 rings (SSSR count). The average Bonchev–Trinajstić information content (AvgIpc) is 2.60. The summed E-state index contributed by atoms with van der Waals surface area (Å²) in [6.07, 6.45) is 4.19. The molecule has 1 saturated carbocycles. The fourth-order valence-corrected chi connectivity index (χ4v) is 4.09. The van der Waals surface area contributed by atoms with Crippen molar-refractivity contribution in [1.29, 1.82) is 0 Å². The van der Waals surface area contributed by atoms with Crippen LogP contribution in [0.15, 0.2) is 0 Å². The predicted octanol–water partition coefficient (Wildman–Crippen LogP) is 2.93. The summed E-state index contributed by atoms with van der Waals surface area (Å²) in [6.45, 7) is 10.9. The van der Waals surface area contributed by atoms with Crippen molar-refractivity contribution in [3.05, 3.63) is 0 Å². The number of nitrogens with one attached hydrogen (secondary N) is 1. The maximum Gasteiger partial charge on any atom is 0.238 e. The topological polar surface area (TPSA) is 55.1 Å². The van der Waals surface area contributed by atoms with Crippen LogP contribution < -0.4 is 11.1 Å². The van der Waals surface area contributed by atoms with Gasteiger partial charge < -0.3 is 11.1 Å². The lowest BCUT2D eigenvalue weighted by molar-refractivity contribution is -0.126. The maximum atomic E-state index is 12.0. The Morgan fingerprint density at radius 3 is 2.58 bits per heavy atom. The number of thioether (sulfide) groups is 1. The molecule has 0 aromatic rings. The molecule has 112 valence electrons. The highest BCUT2D eigenvalue weighted by atomic mass is 32.2. The molecule has 0 aromatic heterocycles. The van der Waals surface area contributed by atoms with Crippen molar-refractivity contribution in [2.75, 3.05) is 5.75 Å². The summed E-state index contributed by atoms with van der Waals surface area (Å²) in [5.41, 5.74) is 5.26. The number of nitrogens with two attached hydrogens (primary N) is 1. The summed E-state index contributed by atoms with van der Waals surface area (Å²) >= 11 is 1.97. The summed E-state index contributed by atoms with van der Waals surface area (Å²) in [4.78, 5) is 12.0. The number of rotatable bonds is 6. The van der Waals surface area contributed by atoms with E-state index in [0.29, 0.717) is 16.7 Å². The molecule has 3 N–H and O–H groups in total. The number of hydrogen-bond donors (Lipinski definition) is 2. The van der Waals surface area contributed by atoms with Crippen LogP contribution in [0.2, 0.25) is 0 Å². The van der Waals surface area contributed by atoms with E-state index in [1.807, 2.05) is 11.8 Å². The number of hydrogen-bond acceptors (Lipinski definition) is 3. The van der Waals surface area contributed by atoms with Crippen LogP contribution in [0.1, 0.15) is 60.3 Å². The summed E-state index contributed by atoms with van der Waals surface area (Å²) in [5, 5.41) is 3.47. The lowest BCUT2D eigenvalue weighted by Gasteiger charge is -2.36. The summed E-state index contributed by atoms with van der Waals surface area (Å²) < 4.78 is 0.291. The van der Waals surface area contributed by atoms with E-state index in [9.17, 15) is 4.79 Å². The third-order valence-corrected chi connectivity index (χ3v) is 5.11. The molecule has 1 aliphatic rings. The van der Waals surface area contributed by atoms with Crippen molar-refractivity contribution in [3.63, 3.8) is 0 Å². The van der Waals surface area contributed by atoms with Gasteiger partial charge in [-0.3, -0.25) is 4.79 Å². The summed E-state index contributed by atoms with van der Waals surface area (Å²) in [6, 6.07) is 0.295. The van der Waals surface area contributed by atoms with Crippen molar-refractivity contribution in [2.45, 2.75) is 76.6 Å². The quantitative estimate of drug-likeness (QED) is 0.789. The lowest BCUT2D eigenvalue weighted by Crippen LogP contribution is -2.60. The molecule has 1 amide bonds. The molecule has 19 heavy (non-hydrogen) atoms. The van der Waals surface area contributed by atoms with Gasteiger partial charge in [-0.25, -0.2) is 0 Å². The molecule has 1 aliphatic carbocycles. The van der Waals surface area contributed by atoms with Gasteiger partial charge >= 0.3 is 0 Å². The van der Waals surface area contributed by atoms with Crippen molar-refractivity contribution in [3.8, 4) is 0 Å². The second-order valence-electron chi connectivity index (χ2n) is 6.97. The van der Waals surface area contributed by atoms with Crippen LogP contribution in [-0.4, -0.2) is 28.0 Å². The number of primary amides is 1. The third-order valence-electron chi connectivity index (χ3n) is 3.81. The standard InChI is InChI=1S/C15H30N2OS/c1-11(2)17-15(13(16)18)9-6-7-12(15)8-10-19-14(3,4)5/h11-12,17H,6-10H2,1-5H3,(H2,16,18). The molecule has 0 radical (unpaired) electrons. The molecule has 0 bridgehead atoms. The van der Waals surface area contributed by atoms with Gasteiger partial charge in [0.25, 0.3) is 0 Å². The molecule has 0 spiro atoms. The Labute approximate surface area is 122 Å². The molecule has 0 saturated heterocycles. The van der Waals surface area contributed by atoms with Crippen LogP contribution >= 0.6 is 11.8 Å². The van der Waals surface area contributed by atoms with Gasteiger partial charge in [0.15, 0.2) is 0 Å². The first-order valence-electron chi connectivity index (χ1n) is 7.39. The van der Waals surface area contributed by atoms with Crippen molar-refractivity contribution in [1.82, 2.24) is 5.32 Å². The van der Waals surface area contributed by atoms with E-state index in [0.717, 1.165) is 31.4 Å². The van der Waals surface area contributed by atoms with Crippen LogP contribution in [0.25, 0.3) is 0 Å². The number of amides is 1. The Kier molecular flexibility index (Phi) is 5.75. The third kappa shape index (κ3) is 4.67. The first kappa shape index (κ1) is 16.8. The van der Waals surface area contributed by atoms with E-state index in [1.165, 1.54) is 0 Å². The van der Waals surface area contributed by atoms with Gasteiger partial charge in [0.2, 0.25) is 5.91 Å². The zero-order valence-electron chi connectivity index (χ0n) is 13.1. The minimum atomic E-state index is -0.466. The van der Waals surface area contributed by atoms with Crippen molar-refractivity contribution >= 4 is 17.7 Å². The van der Waals surface area contributed by atoms with Gasteiger partial charge in [-0.05, 0) is 44.8 Å². The monoisotopic (exact) mass is 286 g/mol. The fraction of sp³-hybridized carbons (Fsp3) is 0.933. The van der Waals surface area contributed by atoms with Gasteiger partial charge in [0.05, 0.1) is 0 Å². The molecular weight excluding hydrogens is 256 g/mol. The zero-order chi connectivity index (χ0) is 14.7. The molecule has 0 aliphatic heterocycles. The van der Waals surface area contributed by atoms with Crippen LogP contribution in [0.4, 0.5) is 0 Å². The van der Waals surface area contributed by atoms with E-state index >= 15 is 0 Å². The Balaban J connectivity index is 2.66. The van der Waals surface area contributed by atoms with Gasteiger partial charge in [0.1, 0.15) is 5.54 Å². The molecule has 0 heterocycles. The Bertz CT molecular complexity index is 312. The van der Waals surface area contributed by atoms with Gasteiger partial charge in [-0.15, -0.1) is 0 Å². The number of carbonyl (C=O) groups is 1. The van der Waals surface area contributed by atoms with Crippen molar-refractivity contribution < 1.29 is 4.79 Å². The zero-order valence-corrected chi connectivity index (χ0v) is 13.9. The van der Waals surface area contributed by atoms with Crippen LogP contribution in [0.3, 0.4) is 0 Å². The largest absolute Gasteiger partial charge is 0.368 e. The minimum absolute atomic E-state index is 0.163. The first-order valence-corrected chi connectivity index (χ1v) is 8.37. The predicted molar refractivity (Wildman–Crippen MR) is 84.4 cm³/mol. The van der Waals surface area contributed by atoms with Crippen LogP contribution in [-0.2, 0) is 4.79 Å². The van der Waals surface area contributed by atoms with Gasteiger partial charge in [-0.1, -0.05) is 27.2 Å². The molecule has 4 heteroatoms. The van der Waals surface area contributed by atoms with E-state index in [4.69, 9.17) is 5.73 Å². The highest BCUT2D eigenvalue weighted by Crippen LogP contribution is 2.39. The Morgan fingerprint density at radius 2 is 2.11 bits per heavy atom. The highest BCUT2D eigenvalue weighted by molar-refractivity contribution is 8.00. The molecule has 1 fully saturated rings. The van der Waals surface area contributed by atoms with E-state index in [-0.39, 0.29) is 5.91 Å². The smallest absolute Gasteiger partial charge is 0.238 e. The lowest BCUT2D eigenvalue weighted by atomic mass is 9.83. The first-order chi connectivity index (χ1) is 8.67. The fourth-order valence-electron chi connectivity index (χ4n) is 3.08. The van der Waals surface area contributed by atoms with E-state index < -0.39 is 5.54 Å². The van der Waals surface area contributed by atoms with E-state index in [1.54, 1.807) is 0 Å². The highest BCUT2D eigenvalue weighted by Gasteiger charge is 2.47. The maximum absolute atomic E-state index is 12.0. The van der Waals surface area contributed by atoms with Gasteiger partial charge in [-0.2, -0.15) is 11.8 Å². The molecule has 2 atom stereocenters. The minimum Gasteiger partial charge on any atom is -0.368 e. The number of carbonyl (C=O) groups excluding carboxylic acids is 1. The van der Waals surface area contributed by atoms with E-state index in [2.05, 4.69) is 39.9 Å². The average molecular weight is 286 g/mol. The molecular formula is C15H30N2OS. The SMILES string of the molecule is CC(C)NC1(C(N)=O)CCCC1CCSC(C)(C)C. The summed E-state index contributed by atoms with van der Waals surface area (Å²) in [5.74, 6) is 1.33. The molecule has 0 aromatic carbocycles. The Morgan fingerprint density at radius 1 is 1.47 bits per heavy atom. The molecule has 2 unspecified atom stereocenters. The second-order valence-corrected chi connectivity index (χ2v) is 8.89.